The number of aryl methyl sites for hydroxylation is 1. The van der Waals surface area contributed by atoms with Crippen LogP contribution in [0.4, 0.5) is 0 Å². The van der Waals surface area contributed by atoms with Crippen LogP contribution in [0.5, 0.6) is 0 Å². The predicted molar refractivity (Wildman–Crippen MR) is 70.8 cm³/mol. The number of hydrogen-bond donors (Lipinski definition) is 1. The van der Waals surface area contributed by atoms with E-state index in [1.807, 2.05) is 19.2 Å². The van der Waals surface area contributed by atoms with Crippen molar-refractivity contribution in [3.8, 4) is 0 Å². The van der Waals surface area contributed by atoms with E-state index in [9.17, 15) is 0 Å². The highest BCUT2D eigenvalue weighted by atomic mass is 16.5. The molecule has 0 fully saturated rings. The zero-order valence-electron chi connectivity index (χ0n) is 11.4. The number of nitrogens with one attached hydrogen (secondary N) is 1. The molecule has 0 amide bonds. The van der Waals surface area contributed by atoms with Crippen molar-refractivity contribution in [2.45, 2.75) is 26.4 Å². The monoisotopic (exact) mass is 264 g/mol. The summed E-state index contributed by atoms with van der Waals surface area (Å²) in [5.74, 6) is 1.40. The van der Waals surface area contributed by atoms with Gasteiger partial charge in [-0.05, 0) is 12.1 Å². The van der Waals surface area contributed by atoms with Gasteiger partial charge in [0.2, 0.25) is 5.89 Å². The van der Waals surface area contributed by atoms with E-state index < -0.39 is 0 Å². The first-order chi connectivity index (χ1) is 9.33. The van der Waals surface area contributed by atoms with Crippen molar-refractivity contribution in [2.75, 3.05) is 20.3 Å². The summed E-state index contributed by atoms with van der Waals surface area (Å²) >= 11 is 0. The minimum Gasteiger partial charge on any atom is -0.383 e. The lowest BCUT2D eigenvalue weighted by atomic mass is 10.4. The maximum absolute atomic E-state index is 5.20. The summed E-state index contributed by atoms with van der Waals surface area (Å²) in [6.07, 6.45) is 2.81. The highest BCUT2D eigenvalue weighted by Gasteiger charge is 2.07. The van der Waals surface area contributed by atoms with Gasteiger partial charge in [0.25, 0.3) is 0 Å². The molecule has 2 aromatic heterocycles. The largest absolute Gasteiger partial charge is 0.383 e. The van der Waals surface area contributed by atoms with Crippen LogP contribution >= 0.6 is 0 Å². The van der Waals surface area contributed by atoms with E-state index in [4.69, 9.17) is 9.26 Å². The molecule has 6 heteroatoms. The summed E-state index contributed by atoms with van der Waals surface area (Å²) in [4.78, 5) is 4.32. The topological polar surface area (TPSA) is 65.1 Å². The molecule has 2 heterocycles. The molecule has 0 bridgehead atoms. The maximum atomic E-state index is 5.20. The Hall–Kier alpha value is -1.66. The van der Waals surface area contributed by atoms with Gasteiger partial charge in [-0.2, -0.15) is 4.98 Å². The molecule has 0 aliphatic heterocycles. The lowest BCUT2D eigenvalue weighted by Gasteiger charge is -2.07. The Kier molecular flexibility index (Phi) is 5.11. The zero-order valence-corrected chi connectivity index (χ0v) is 11.4. The third-order valence-corrected chi connectivity index (χ3v) is 2.84. The van der Waals surface area contributed by atoms with Crippen molar-refractivity contribution in [3.05, 3.63) is 35.7 Å². The van der Waals surface area contributed by atoms with Crippen molar-refractivity contribution in [2.24, 2.45) is 0 Å². The normalized spacial score (nSPS) is 11.1. The van der Waals surface area contributed by atoms with Gasteiger partial charge in [0, 0.05) is 38.5 Å². The molecule has 1 N–H and O–H groups in total. The fourth-order valence-electron chi connectivity index (χ4n) is 1.80. The molecule has 6 nitrogen and oxygen atoms in total. The highest BCUT2D eigenvalue weighted by molar-refractivity contribution is 5.08. The molecular weight excluding hydrogens is 244 g/mol. The van der Waals surface area contributed by atoms with Crippen molar-refractivity contribution in [3.63, 3.8) is 0 Å². The summed E-state index contributed by atoms with van der Waals surface area (Å²) < 4.78 is 12.3. The Morgan fingerprint density at radius 3 is 3.11 bits per heavy atom. The molecule has 0 aliphatic rings. The first-order valence-corrected chi connectivity index (χ1v) is 6.48. The zero-order chi connectivity index (χ0) is 13.5. The van der Waals surface area contributed by atoms with Crippen LogP contribution in [-0.4, -0.2) is 35.0 Å². The van der Waals surface area contributed by atoms with Gasteiger partial charge in [-0.15, -0.1) is 0 Å². The summed E-state index contributed by atoms with van der Waals surface area (Å²) in [6, 6.07) is 4.10. The first-order valence-electron chi connectivity index (χ1n) is 6.48. The molecule has 0 atom stereocenters. The van der Waals surface area contributed by atoms with E-state index in [-0.39, 0.29) is 0 Å². The van der Waals surface area contributed by atoms with E-state index in [0.29, 0.717) is 19.0 Å². The number of ether oxygens (including phenoxy) is 1. The van der Waals surface area contributed by atoms with Gasteiger partial charge < -0.3 is 19.1 Å². The van der Waals surface area contributed by atoms with E-state index in [2.05, 4.69) is 26.1 Å². The first kappa shape index (κ1) is 13.8. The van der Waals surface area contributed by atoms with Gasteiger partial charge in [-0.25, -0.2) is 0 Å². The van der Waals surface area contributed by atoms with Gasteiger partial charge in [-0.1, -0.05) is 12.1 Å². The Morgan fingerprint density at radius 2 is 2.37 bits per heavy atom. The van der Waals surface area contributed by atoms with Crippen molar-refractivity contribution in [1.82, 2.24) is 20.0 Å². The standard InChI is InChI=1S/C13H20N4O2/c1-3-12-15-13(19-16-12)10-17-7-4-5-11(17)9-14-6-8-18-2/h4-5,7,14H,3,6,8-10H2,1-2H3. The Morgan fingerprint density at radius 1 is 1.47 bits per heavy atom. The smallest absolute Gasteiger partial charge is 0.246 e. The molecule has 0 unspecified atom stereocenters. The minimum atomic E-state index is 0.612. The van der Waals surface area contributed by atoms with Crippen LogP contribution in [-0.2, 0) is 24.2 Å². The van der Waals surface area contributed by atoms with Crippen LogP contribution in [0.25, 0.3) is 0 Å². The fourth-order valence-corrected chi connectivity index (χ4v) is 1.80. The summed E-state index contributed by atoms with van der Waals surface area (Å²) in [5.41, 5.74) is 1.19. The second-order valence-electron chi connectivity index (χ2n) is 4.25. The lowest BCUT2D eigenvalue weighted by Crippen LogP contribution is -2.20. The van der Waals surface area contributed by atoms with Gasteiger partial charge in [0.05, 0.1) is 6.61 Å². The van der Waals surface area contributed by atoms with Crippen molar-refractivity contribution in [1.29, 1.82) is 0 Å². The van der Waals surface area contributed by atoms with Crippen LogP contribution in [0.2, 0.25) is 0 Å². The van der Waals surface area contributed by atoms with E-state index >= 15 is 0 Å². The van der Waals surface area contributed by atoms with E-state index in [0.717, 1.165) is 25.3 Å². The number of methoxy groups -OCH3 is 1. The summed E-state index contributed by atoms with van der Waals surface area (Å²) in [5, 5.41) is 7.22. The average Bonchev–Trinajstić information content (AvgIpc) is 3.05. The summed E-state index contributed by atoms with van der Waals surface area (Å²) in [7, 11) is 1.70. The van der Waals surface area contributed by atoms with Crippen molar-refractivity contribution >= 4 is 0 Å². The molecule has 2 rings (SSSR count). The molecule has 0 spiro atoms. The van der Waals surface area contributed by atoms with Crippen LogP contribution < -0.4 is 5.32 Å². The average molecular weight is 264 g/mol. The second kappa shape index (κ2) is 7.06. The Bertz CT molecular complexity index is 492. The summed E-state index contributed by atoms with van der Waals surface area (Å²) in [6.45, 7) is 4.97. The lowest BCUT2D eigenvalue weighted by molar-refractivity contribution is 0.199. The number of hydrogen-bond acceptors (Lipinski definition) is 5. The number of rotatable bonds is 8. The quantitative estimate of drug-likeness (QED) is 0.726. The van der Waals surface area contributed by atoms with Crippen LogP contribution in [0.3, 0.4) is 0 Å². The number of aromatic nitrogens is 3. The third-order valence-electron chi connectivity index (χ3n) is 2.84. The molecule has 0 saturated heterocycles. The van der Waals surface area contributed by atoms with Gasteiger partial charge in [0.15, 0.2) is 5.82 Å². The fraction of sp³-hybridized carbons (Fsp3) is 0.538. The molecule has 19 heavy (non-hydrogen) atoms. The van der Waals surface area contributed by atoms with E-state index in [1.54, 1.807) is 7.11 Å². The van der Waals surface area contributed by atoms with Crippen LogP contribution in [0.15, 0.2) is 22.9 Å². The SMILES string of the molecule is CCc1noc(Cn2cccc2CNCCOC)n1. The van der Waals surface area contributed by atoms with Gasteiger partial charge in [-0.3, -0.25) is 0 Å². The van der Waals surface area contributed by atoms with Gasteiger partial charge in [0.1, 0.15) is 6.54 Å². The van der Waals surface area contributed by atoms with E-state index in [1.165, 1.54) is 5.69 Å². The van der Waals surface area contributed by atoms with Crippen molar-refractivity contribution < 1.29 is 9.26 Å². The second-order valence-corrected chi connectivity index (χ2v) is 4.25. The molecule has 0 radical (unpaired) electrons. The molecule has 0 saturated carbocycles. The molecule has 0 aromatic carbocycles. The molecular formula is C13H20N4O2. The van der Waals surface area contributed by atoms with Crippen LogP contribution in [0.1, 0.15) is 24.3 Å². The van der Waals surface area contributed by atoms with Crippen LogP contribution in [0, 0.1) is 0 Å². The minimum absolute atomic E-state index is 0.612. The number of nitrogens with zero attached hydrogens (tertiary/aromatic N) is 3. The third kappa shape index (κ3) is 3.90. The Balaban J connectivity index is 1.91. The molecule has 0 aliphatic carbocycles. The highest BCUT2D eigenvalue weighted by Crippen LogP contribution is 2.07. The maximum Gasteiger partial charge on any atom is 0.246 e. The van der Waals surface area contributed by atoms with Gasteiger partial charge >= 0.3 is 0 Å². The molecule has 104 valence electrons. The predicted octanol–water partition coefficient (Wildman–Crippen LogP) is 1.22. The molecule has 2 aromatic rings. The Labute approximate surface area is 112 Å².